The minimum atomic E-state index is -3.60. The second kappa shape index (κ2) is 9.94. The molecule has 37 heavy (non-hydrogen) atoms. The van der Waals surface area contributed by atoms with Gasteiger partial charge in [-0.1, -0.05) is 5.92 Å². The molecular formula is C25H32FN5O5S. The van der Waals surface area contributed by atoms with E-state index in [1.165, 1.54) is 15.1 Å². The number of ether oxygens (including phenoxy) is 1. The van der Waals surface area contributed by atoms with Crippen LogP contribution in [0.25, 0.3) is 11.0 Å². The zero-order valence-electron chi connectivity index (χ0n) is 20.8. The van der Waals surface area contributed by atoms with E-state index in [4.69, 9.17) is 11.2 Å². The summed E-state index contributed by atoms with van der Waals surface area (Å²) in [6.07, 6.45) is 8.57. The number of nitrogens with one attached hydrogen (secondary N) is 1. The predicted octanol–water partition coefficient (Wildman–Crippen LogP) is 1.58. The van der Waals surface area contributed by atoms with Crippen molar-refractivity contribution in [1.29, 1.82) is 0 Å². The Kier molecular flexibility index (Phi) is 7.00. The summed E-state index contributed by atoms with van der Waals surface area (Å²) in [5.41, 5.74) is -1.05. The maximum Gasteiger partial charge on any atom is 0.268 e. The van der Waals surface area contributed by atoms with E-state index in [9.17, 15) is 18.3 Å². The Bertz CT molecular complexity index is 1380. The van der Waals surface area contributed by atoms with Crippen LogP contribution >= 0.6 is 0 Å². The second-order valence-corrected chi connectivity index (χ2v) is 12.6. The molecule has 4 atom stereocenters. The molecule has 2 saturated heterocycles. The maximum absolute atomic E-state index is 15.2. The van der Waals surface area contributed by atoms with Gasteiger partial charge in [0.25, 0.3) is 5.56 Å². The van der Waals surface area contributed by atoms with Crippen LogP contribution in [0.2, 0.25) is 0 Å². The van der Waals surface area contributed by atoms with Gasteiger partial charge in [-0.25, -0.2) is 17.8 Å². The van der Waals surface area contributed by atoms with Gasteiger partial charge in [0.15, 0.2) is 0 Å². The fourth-order valence-electron chi connectivity index (χ4n) is 5.74. The minimum absolute atomic E-state index is 0.125. The third kappa shape index (κ3) is 4.85. The van der Waals surface area contributed by atoms with Crippen LogP contribution in [-0.4, -0.2) is 81.7 Å². The summed E-state index contributed by atoms with van der Waals surface area (Å²) in [5.74, 6) is 2.53. The van der Waals surface area contributed by atoms with Gasteiger partial charge in [0.1, 0.15) is 11.8 Å². The molecule has 0 radical (unpaired) electrons. The van der Waals surface area contributed by atoms with Crippen LogP contribution in [-0.2, 0) is 14.8 Å². The molecule has 2 aromatic heterocycles. The van der Waals surface area contributed by atoms with Gasteiger partial charge in [0.2, 0.25) is 16.0 Å². The van der Waals surface area contributed by atoms with Crippen molar-refractivity contribution >= 4 is 27.0 Å². The van der Waals surface area contributed by atoms with Gasteiger partial charge in [-0.2, -0.15) is 9.29 Å². The van der Waals surface area contributed by atoms with E-state index >= 15 is 4.39 Å². The first kappa shape index (κ1) is 26.0. The van der Waals surface area contributed by atoms with Crippen LogP contribution in [0.15, 0.2) is 17.1 Å². The number of fused-ring (bicyclic) bond motifs is 1. The number of pyridine rings is 1. The molecule has 2 N–H and O–H groups in total. The molecule has 2 aromatic rings. The number of aromatic nitrogens is 3. The minimum Gasteiger partial charge on any atom is -0.388 e. The van der Waals surface area contributed by atoms with Crippen molar-refractivity contribution in [2.45, 2.75) is 74.6 Å². The van der Waals surface area contributed by atoms with Gasteiger partial charge >= 0.3 is 0 Å². The number of rotatable bonds is 5. The highest BCUT2D eigenvalue weighted by Crippen LogP contribution is 2.39. The summed E-state index contributed by atoms with van der Waals surface area (Å²) in [6.45, 7) is 2.43. The number of hydrogen-bond acceptors (Lipinski definition) is 8. The number of nitrogens with zero attached hydrogens (tertiary/aromatic N) is 4. The fourth-order valence-corrected chi connectivity index (χ4v) is 7.66. The smallest absolute Gasteiger partial charge is 0.268 e. The molecule has 12 heteroatoms. The summed E-state index contributed by atoms with van der Waals surface area (Å²) in [5, 5.41) is 13.9. The molecule has 5 rings (SSSR count). The van der Waals surface area contributed by atoms with E-state index < -0.39 is 44.7 Å². The standard InChI is InChI=1S/C25H32FN5O5S/c1-3-16-13-17-14-27-24(29-22(17)31(23(16)32)21-5-4-9-25(21,2)33)28-20-6-10-30(15-19(20)26)37(34,35)18-7-11-36-12-8-18/h1,13-14,18-21,33H,4-12,15H2,2H3,(H,27,28,29)/t19-,20-,21+,25+/m0/s1. The van der Waals surface area contributed by atoms with E-state index in [0.717, 1.165) is 6.42 Å². The van der Waals surface area contributed by atoms with E-state index in [1.807, 2.05) is 0 Å². The molecule has 200 valence electrons. The first-order valence-electron chi connectivity index (χ1n) is 12.7. The van der Waals surface area contributed by atoms with Gasteiger partial charge in [-0.05, 0) is 51.5 Å². The van der Waals surface area contributed by atoms with E-state index in [1.54, 1.807) is 13.0 Å². The number of sulfonamides is 1. The van der Waals surface area contributed by atoms with Gasteiger partial charge in [-0.15, -0.1) is 6.42 Å². The number of piperidine rings is 1. The number of alkyl halides is 1. The molecule has 3 aliphatic rings. The molecule has 2 aliphatic heterocycles. The largest absolute Gasteiger partial charge is 0.388 e. The van der Waals surface area contributed by atoms with Crippen LogP contribution in [0.3, 0.4) is 0 Å². The van der Waals surface area contributed by atoms with Crippen molar-refractivity contribution in [3.63, 3.8) is 0 Å². The molecule has 1 saturated carbocycles. The normalized spacial score (nSPS) is 29.8. The maximum atomic E-state index is 15.2. The predicted molar refractivity (Wildman–Crippen MR) is 137 cm³/mol. The molecule has 0 spiro atoms. The Morgan fingerprint density at radius 1 is 1.30 bits per heavy atom. The average Bonchev–Trinajstić information content (AvgIpc) is 3.23. The molecule has 0 aromatic carbocycles. The Balaban J connectivity index is 1.39. The Hall–Kier alpha value is -2.59. The number of anilines is 1. The Morgan fingerprint density at radius 3 is 2.70 bits per heavy atom. The quantitative estimate of drug-likeness (QED) is 0.555. The lowest BCUT2D eigenvalue weighted by molar-refractivity contribution is 0.0266. The molecule has 0 amide bonds. The molecule has 10 nitrogen and oxygen atoms in total. The van der Waals surface area contributed by atoms with Gasteiger partial charge in [0, 0.05) is 37.9 Å². The summed E-state index contributed by atoms with van der Waals surface area (Å²) in [4.78, 5) is 22.0. The Labute approximate surface area is 215 Å². The van der Waals surface area contributed by atoms with Crippen LogP contribution in [0.5, 0.6) is 0 Å². The number of halogens is 1. The van der Waals surface area contributed by atoms with Gasteiger partial charge < -0.3 is 15.2 Å². The highest BCUT2D eigenvalue weighted by molar-refractivity contribution is 7.89. The van der Waals surface area contributed by atoms with Crippen molar-refractivity contribution in [3.8, 4) is 12.3 Å². The van der Waals surface area contributed by atoms with Gasteiger partial charge in [-0.3, -0.25) is 9.36 Å². The van der Waals surface area contributed by atoms with E-state index in [0.29, 0.717) is 49.9 Å². The first-order valence-corrected chi connectivity index (χ1v) is 14.2. The van der Waals surface area contributed by atoms with Crippen molar-refractivity contribution in [2.75, 3.05) is 31.6 Å². The average molecular weight is 534 g/mol. The van der Waals surface area contributed by atoms with Crippen LogP contribution in [0.4, 0.5) is 10.3 Å². The lowest BCUT2D eigenvalue weighted by atomic mass is 9.99. The lowest BCUT2D eigenvalue weighted by Gasteiger charge is -2.37. The fraction of sp³-hybridized carbons (Fsp3) is 0.640. The van der Waals surface area contributed by atoms with Crippen molar-refractivity contribution < 1.29 is 22.7 Å². The third-order valence-corrected chi connectivity index (χ3v) is 10.3. The monoisotopic (exact) mass is 533 g/mol. The molecule has 4 heterocycles. The molecular weight excluding hydrogens is 501 g/mol. The summed E-state index contributed by atoms with van der Waals surface area (Å²) >= 11 is 0. The molecule has 1 aliphatic carbocycles. The number of aliphatic hydroxyl groups is 1. The van der Waals surface area contributed by atoms with Crippen molar-refractivity contribution in [1.82, 2.24) is 18.8 Å². The lowest BCUT2D eigenvalue weighted by Crippen LogP contribution is -2.52. The Morgan fingerprint density at radius 2 is 2.05 bits per heavy atom. The SMILES string of the molecule is C#Cc1cc2cnc(N[C@H]3CCN(S(=O)(=O)C4CCOCC4)C[C@@H]3F)nc2n([C@@H]2CCC[C@@]2(C)O)c1=O. The number of hydrogen-bond donors (Lipinski definition) is 2. The van der Waals surface area contributed by atoms with Crippen molar-refractivity contribution in [2.24, 2.45) is 0 Å². The summed E-state index contributed by atoms with van der Waals surface area (Å²) < 4.78 is 49.2. The highest BCUT2D eigenvalue weighted by Gasteiger charge is 2.41. The first-order chi connectivity index (χ1) is 17.6. The van der Waals surface area contributed by atoms with E-state index in [-0.39, 0.29) is 31.0 Å². The van der Waals surface area contributed by atoms with Crippen LogP contribution in [0.1, 0.15) is 57.1 Å². The molecule has 0 bridgehead atoms. The zero-order valence-corrected chi connectivity index (χ0v) is 21.6. The molecule has 0 unspecified atom stereocenters. The van der Waals surface area contributed by atoms with E-state index in [2.05, 4.69) is 21.2 Å². The third-order valence-electron chi connectivity index (χ3n) is 7.89. The summed E-state index contributed by atoms with van der Waals surface area (Å²) in [6, 6.07) is 0.337. The topological polar surface area (TPSA) is 127 Å². The van der Waals surface area contributed by atoms with Crippen molar-refractivity contribution in [3.05, 3.63) is 28.2 Å². The zero-order chi connectivity index (χ0) is 26.4. The van der Waals surface area contributed by atoms with Gasteiger partial charge in [0.05, 0.1) is 28.5 Å². The van der Waals surface area contributed by atoms with Crippen LogP contribution < -0.4 is 10.9 Å². The number of terminal acetylenes is 1. The molecule has 3 fully saturated rings. The summed E-state index contributed by atoms with van der Waals surface area (Å²) in [7, 11) is -3.60. The highest BCUT2D eigenvalue weighted by atomic mass is 32.2. The second-order valence-electron chi connectivity index (χ2n) is 10.4. The van der Waals surface area contributed by atoms with Crippen LogP contribution in [0, 0.1) is 12.3 Å².